The van der Waals surface area contributed by atoms with Crippen molar-refractivity contribution in [3.8, 4) is 0 Å². The van der Waals surface area contributed by atoms with Gasteiger partial charge in [0.15, 0.2) is 0 Å². The highest BCUT2D eigenvalue weighted by Gasteiger charge is 2.34. The third-order valence-corrected chi connectivity index (χ3v) is 5.36. The van der Waals surface area contributed by atoms with Crippen molar-refractivity contribution in [2.24, 2.45) is 0 Å². The van der Waals surface area contributed by atoms with Crippen LogP contribution in [-0.4, -0.2) is 47.7 Å². The summed E-state index contributed by atoms with van der Waals surface area (Å²) in [6.45, 7) is 0.728. The van der Waals surface area contributed by atoms with Crippen LogP contribution in [-0.2, 0) is 20.9 Å². The van der Waals surface area contributed by atoms with Gasteiger partial charge in [0, 0.05) is 12.6 Å². The third-order valence-electron chi connectivity index (χ3n) is 5.36. The number of methoxy groups -OCH3 is 1. The first-order chi connectivity index (χ1) is 14.5. The Bertz CT molecular complexity index is 880. The molecule has 30 heavy (non-hydrogen) atoms. The van der Waals surface area contributed by atoms with Crippen LogP contribution in [0, 0.1) is 0 Å². The van der Waals surface area contributed by atoms with Gasteiger partial charge in [0.2, 0.25) is 0 Å². The Morgan fingerprint density at radius 2 is 1.80 bits per heavy atom. The second kappa shape index (κ2) is 9.91. The lowest BCUT2D eigenvalue weighted by Gasteiger charge is -2.26. The van der Waals surface area contributed by atoms with E-state index in [1.165, 1.54) is 7.11 Å². The molecule has 0 aromatic heterocycles. The number of rotatable bonds is 7. The van der Waals surface area contributed by atoms with Crippen molar-refractivity contribution in [1.82, 2.24) is 4.90 Å². The normalized spacial score (nSPS) is 16.7. The number of hydrogen-bond donors (Lipinski definition) is 1. The summed E-state index contributed by atoms with van der Waals surface area (Å²) in [7, 11) is 1.29. The van der Waals surface area contributed by atoms with E-state index < -0.39 is 23.9 Å². The number of ether oxygens (including phenoxy) is 2. The lowest BCUT2D eigenvalue weighted by Crippen LogP contribution is -2.37. The molecule has 1 fully saturated rings. The topological polar surface area (TPSA) is 93.1 Å². The summed E-state index contributed by atoms with van der Waals surface area (Å²) in [5.41, 5.74) is 1.84. The van der Waals surface area contributed by atoms with Crippen molar-refractivity contribution in [3.63, 3.8) is 0 Å². The van der Waals surface area contributed by atoms with Gasteiger partial charge < -0.3 is 19.5 Å². The van der Waals surface area contributed by atoms with E-state index in [2.05, 4.69) is 4.74 Å². The quantitative estimate of drug-likeness (QED) is 0.696. The van der Waals surface area contributed by atoms with E-state index in [0.717, 1.165) is 18.4 Å². The molecule has 0 radical (unpaired) electrons. The molecule has 0 aliphatic carbocycles. The summed E-state index contributed by atoms with van der Waals surface area (Å²) < 4.78 is 10.1. The number of carboxylic acid groups (broad SMARTS) is 1. The van der Waals surface area contributed by atoms with Crippen LogP contribution in [0.15, 0.2) is 54.6 Å². The molecule has 0 bridgehead atoms. The Balaban J connectivity index is 1.66. The minimum atomic E-state index is -0.967. The minimum Gasteiger partial charge on any atom is -0.481 e. The van der Waals surface area contributed by atoms with E-state index in [9.17, 15) is 19.5 Å². The molecule has 2 unspecified atom stereocenters. The smallest absolute Gasteiger partial charge is 0.410 e. The zero-order valence-corrected chi connectivity index (χ0v) is 16.8. The molecule has 1 heterocycles. The van der Waals surface area contributed by atoms with Gasteiger partial charge >= 0.3 is 18.0 Å². The molecule has 2 aromatic rings. The van der Waals surface area contributed by atoms with Crippen LogP contribution in [0.1, 0.15) is 46.7 Å². The number of aliphatic carboxylic acids is 1. The number of benzene rings is 2. The van der Waals surface area contributed by atoms with Gasteiger partial charge in [-0.1, -0.05) is 42.5 Å². The Labute approximate surface area is 175 Å². The molecule has 7 nitrogen and oxygen atoms in total. The Morgan fingerprint density at radius 3 is 2.43 bits per heavy atom. The van der Waals surface area contributed by atoms with E-state index in [0.29, 0.717) is 17.7 Å². The maximum atomic E-state index is 12.6. The highest BCUT2D eigenvalue weighted by molar-refractivity contribution is 5.89. The number of hydrogen-bond acceptors (Lipinski definition) is 5. The van der Waals surface area contributed by atoms with Crippen molar-refractivity contribution >= 4 is 18.0 Å². The second-order valence-corrected chi connectivity index (χ2v) is 7.27. The predicted octanol–water partition coefficient (Wildman–Crippen LogP) is 3.83. The average Bonchev–Trinajstić information content (AvgIpc) is 3.24. The number of amides is 1. The average molecular weight is 411 g/mol. The monoisotopic (exact) mass is 411 g/mol. The SMILES string of the molecule is COC(=O)c1ccc(C(CC2CCCN2C(=O)OCc2ccccc2)C(=O)O)cc1. The molecule has 1 amide bonds. The van der Waals surface area contributed by atoms with Gasteiger partial charge in [-0.3, -0.25) is 4.79 Å². The lowest BCUT2D eigenvalue weighted by atomic mass is 9.90. The van der Waals surface area contributed by atoms with Gasteiger partial charge in [0.1, 0.15) is 6.61 Å². The Kier molecular flexibility index (Phi) is 7.06. The van der Waals surface area contributed by atoms with Crippen molar-refractivity contribution in [3.05, 3.63) is 71.3 Å². The number of likely N-dealkylation sites (tertiary alicyclic amines) is 1. The van der Waals surface area contributed by atoms with E-state index in [1.807, 2.05) is 30.3 Å². The summed E-state index contributed by atoms with van der Waals surface area (Å²) in [6, 6.07) is 15.6. The van der Waals surface area contributed by atoms with E-state index >= 15 is 0 Å². The molecular weight excluding hydrogens is 386 g/mol. The van der Waals surface area contributed by atoms with Crippen LogP contribution in [0.5, 0.6) is 0 Å². The number of nitrogens with zero attached hydrogens (tertiary/aromatic N) is 1. The highest BCUT2D eigenvalue weighted by atomic mass is 16.6. The number of esters is 1. The minimum absolute atomic E-state index is 0.181. The first-order valence-electron chi connectivity index (χ1n) is 9.88. The number of carboxylic acids is 1. The Morgan fingerprint density at radius 1 is 1.10 bits per heavy atom. The summed E-state index contributed by atoms with van der Waals surface area (Å²) in [4.78, 5) is 37.7. The van der Waals surface area contributed by atoms with Crippen LogP contribution >= 0.6 is 0 Å². The van der Waals surface area contributed by atoms with Crippen molar-refractivity contribution < 1.29 is 29.0 Å². The molecule has 1 aliphatic rings. The van der Waals surface area contributed by atoms with Crippen LogP contribution in [0.4, 0.5) is 4.79 Å². The van der Waals surface area contributed by atoms with Gasteiger partial charge in [-0.05, 0) is 42.5 Å². The summed E-state index contributed by atoms with van der Waals surface area (Å²) in [5, 5.41) is 9.76. The van der Waals surface area contributed by atoms with Gasteiger partial charge in [0.25, 0.3) is 0 Å². The van der Waals surface area contributed by atoms with E-state index in [4.69, 9.17) is 4.74 Å². The van der Waals surface area contributed by atoms with Crippen LogP contribution in [0.25, 0.3) is 0 Å². The zero-order chi connectivity index (χ0) is 21.5. The molecule has 2 aromatic carbocycles. The molecule has 1 aliphatic heterocycles. The summed E-state index contributed by atoms with van der Waals surface area (Å²) in [5.74, 6) is -2.23. The summed E-state index contributed by atoms with van der Waals surface area (Å²) >= 11 is 0. The molecule has 1 N–H and O–H groups in total. The van der Waals surface area contributed by atoms with Gasteiger partial charge in [0.05, 0.1) is 18.6 Å². The van der Waals surface area contributed by atoms with Gasteiger partial charge in [-0.25, -0.2) is 9.59 Å². The third kappa shape index (κ3) is 5.17. The fourth-order valence-corrected chi connectivity index (χ4v) is 3.74. The fourth-order valence-electron chi connectivity index (χ4n) is 3.74. The van der Waals surface area contributed by atoms with Gasteiger partial charge in [-0.2, -0.15) is 0 Å². The van der Waals surface area contributed by atoms with Gasteiger partial charge in [-0.15, -0.1) is 0 Å². The number of carbonyl (C=O) groups is 3. The van der Waals surface area contributed by atoms with Crippen LogP contribution in [0.2, 0.25) is 0 Å². The van der Waals surface area contributed by atoms with Crippen molar-refractivity contribution in [2.75, 3.05) is 13.7 Å². The second-order valence-electron chi connectivity index (χ2n) is 7.27. The highest BCUT2D eigenvalue weighted by Crippen LogP contribution is 2.30. The molecule has 1 saturated heterocycles. The summed E-state index contributed by atoms with van der Waals surface area (Å²) in [6.07, 6.45) is 1.39. The fraction of sp³-hybridized carbons (Fsp3) is 0.348. The molecule has 7 heteroatoms. The van der Waals surface area contributed by atoms with E-state index in [1.54, 1.807) is 29.2 Å². The van der Waals surface area contributed by atoms with Crippen LogP contribution in [0.3, 0.4) is 0 Å². The zero-order valence-electron chi connectivity index (χ0n) is 16.8. The van der Waals surface area contributed by atoms with Crippen molar-refractivity contribution in [1.29, 1.82) is 0 Å². The number of carbonyl (C=O) groups excluding carboxylic acids is 2. The largest absolute Gasteiger partial charge is 0.481 e. The maximum Gasteiger partial charge on any atom is 0.410 e. The standard InChI is InChI=1S/C23H25NO6/c1-29-22(27)18-11-9-17(10-12-18)20(21(25)26)14-19-8-5-13-24(19)23(28)30-15-16-6-3-2-4-7-16/h2-4,6-7,9-12,19-20H,5,8,13-15H2,1H3,(H,25,26). The lowest BCUT2D eigenvalue weighted by molar-refractivity contribution is -0.139. The molecule has 0 spiro atoms. The predicted molar refractivity (Wildman–Crippen MR) is 109 cm³/mol. The maximum absolute atomic E-state index is 12.6. The molecule has 3 rings (SSSR count). The molecule has 2 atom stereocenters. The Hall–Kier alpha value is -3.35. The van der Waals surface area contributed by atoms with E-state index in [-0.39, 0.29) is 19.1 Å². The molecule has 0 saturated carbocycles. The molecular formula is C23H25NO6. The first kappa shape index (κ1) is 21.4. The first-order valence-corrected chi connectivity index (χ1v) is 9.88. The molecule has 158 valence electrons. The van der Waals surface area contributed by atoms with Crippen molar-refractivity contribution in [2.45, 2.75) is 37.8 Å². The van der Waals surface area contributed by atoms with Crippen LogP contribution < -0.4 is 0 Å².